The van der Waals surface area contributed by atoms with Crippen molar-refractivity contribution >= 4 is 11.8 Å². The largest absolute Gasteiger partial charge is 0.313 e. The van der Waals surface area contributed by atoms with Crippen LogP contribution in [0, 0.1) is 5.41 Å². The summed E-state index contributed by atoms with van der Waals surface area (Å²) in [6.07, 6.45) is 10.7. The molecule has 2 fully saturated rings. The van der Waals surface area contributed by atoms with Gasteiger partial charge in [-0.2, -0.15) is 11.8 Å². The molecule has 1 nitrogen and oxygen atoms in total. The Balaban J connectivity index is 1.74. The zero-order valence-corrected chi connectivity index (χ0v) is 11.3. The molecule has 88 valence electrons. The van der Waals surface area contributed by atoms with Gasteiger partial charge in [0.05, 0.1) is 0 Å². The number of nitrogens with one attached hydrogen (secondary N) is 1. The van der Waals surface area contributed by atoms with Crippen LogP contribution in [0.2, 0.25) is 0 Å². The lowest BCUT2D eigenvalue weighted by Gasteiger charge is -2.41. The molecular formula is C13H25NS. The molecule has 0 bridgehead atoms. The zero-order chi connectivity index (χ0) is 10.9. The Morgan fingerprint density at radius 3 is 2.40 bits per heavy atom. The van der Waals surface area contributed by atoms with Gasteiger partial charge in [-0.25, -0.2) is 0 Å². The Morgan fingerprint density at radius 1 is 1.27 bits per heavy atom. The molecule has 2 heteroatoms. The molecule has 0 spiro atoms. The third kappa shape index (κ3) is 2.71. The van der Waals surface area contributed by atoms with Gasteiger partial charge in [-0.05, 0) is 43.8 Å². The van der Waals surface area contributed by atoms with Crippen molar-refractivity contribution in [2.75, 3.05) is 12.8 Å². The zero-order valence-electron chi connectivity index (χ0n) is 10.4. The second-order valence-corrected chi connectivity index (χ2v) is 7.50. The van der Waals surface area contributed by atoms with Crippen LogP contribution in [0.1, 0.15) is 52.4 Å². The van der Waals surface area contributed by atoms with Crippen molar-refractivity contribution in [3.8, 4) is 0 Å². The molecular weight excluding hydrogens is 202 g/mol. The second-order valence-electron chi connectivity index (χ2n) is 6.23. The van der Waals surface area contributed by atoms with Crippen molar-refractivity contribution in [3.05, 3.63) is 0 Å². The summed E-state index contributed by atoms with van der Waals surface area (Å²) in [5, 5.41) is 3.81. The monoisotopic (exact) mass is 227 g/mol. The Labute approximate surface area is 98.8 Å². The summed E-state index contributed by atoms with van der Waals surface area (Å²) in [6.45, 7) is 6.06. The smallest absolute Gasteiger partial charge is 0.0281 e. The van der Waals surface area contributed by atoms with E-state index >= 15 is 0 Å². The minimum Gasteiger partial charge on any atom is -0.313 e. The highest BCUT2D eigenvalue weighted by Crippen LogP contribution is 2.43. The van der Waals surface area contributed by atoms with Crippen LogP contribution in [-0.4, -0.2) is 23.6 Å². The van der Waals surface area contributed by atoms with Crippen molar-refractivity contribution in [1.82, 2.24) is 5.32 Å². The molecule has 0 radical (unpaired) electrons. The summed E-state index contributed by atoms with van der Waals surface area (Å²) in [6, 6.07) is 0.796. The first kappa shape index (κ1) is 11.8. The molecule has 0 heterocycles. The van der Waals surface area contributed by atoms with Gasteiger partial charge in [0.15, 0.2) is 0 Å². The van der Waals surface area contributed by atoms with E-state index in [1.807, 2.05) is 0 Å². The normalized spacial score (nSPS) is 32.6. The Morgan fingerprint density at radius 2 is 2.00 bits per heavy atom. The van der Waals surface area contributed by atoms with E-state index in [9.17, 15) is 0 Å². The number of thioether (sulfide) groups is 1. The first-order chi connectivity index (χ1) is 7.05. The molecule has 2 aliphatic rings. The van der Waals surface area contributed by atoms with E-state index in [1.54, 1.807) is 0 Å². The van der Waals surface area contributed by atoms with Crippen LogP contribution in [0.25, 0.3) is 0 Å². The van der Waals surface area contributed by atoms with Gasteiger partial charge in [0, 0.05) is 17.3 Å². The standard InChI is InChI=1S/C13H25NS/c1-12(2)8-5-11(9-12)14-10-13(15-3)6-4-7-13/h11,14H,4-10H2,1-3H3. The van der Waals surface area contributed by atoms with E-state index in [-0.39, 0.29) is 0 Å². The fourth-order valence-corrected chi connectivity index (χ4v) is 3.89. The SMILES string of the molecule is CSC1(CNC2CCC(C)(C)C2)CCC1. The predicted octanol–water partition coefficient (Wildman–Crippen LogP) is 3.44. The van der Waals surface area contributed by atoms with Gasteiger partial charge in [-0.1, -0.05) is 20.3 Å². The highest BCUT2D eigenvalue weighted by Gasteiger charge is 2.38. The molecule has 0 aromatic heterocycles. The molecule has 2 rings (SSSR count). The third-order valence-electron chi connectivity index (χ3n) is 4.38. The predicted molar refractivity (Wildman–Crippen MR) is 69.5 cm³/mol. The highest BCUT2D eigenvalue weighted by atomic mass is 32.2. The molecule has 1 N–H and O–H groups in total. The summed E-state index contributed by atoms with van der Waals surface area (Å²) in [7, 11) is 0. The van der Waals surface area contributed by atoms with Gasteiger partial charge in [0.1, 0.15) is 0 Å². The van der Waals surface area contributed by atoms with Crippen molar-refractivity contribution in [2.24, 2.45) is 5.41 Å². The topological polar surface area (TPSA) is 12.0 Å². The fraction of sp³-hybridized carbons (Fsp3) is 1.00. The molecule has 0 aromatic rings. The second kappa shape index (κ2) is 4.29. The molecule has 0 amide bonds. The van der Waals surface area contributed by atoms with Crippen LogP contribution in [0.15, 0.2) is 0 Å². The van der Waals surface area contributed by atoms with Crippen LogP contribution in [0.5, 0.6) is 0 Å². The first-order valence-electron chi connectivity index (χ1n) is 6.34. The molecule has 0 aliphatic heterocycles. The van der Waals surface area contributed by atoms with Crippen molar-refractivity contribution in [1.29, 1.82) is 0 Å². The maximum absolute atomic E-state index is 3.81. The van der Waals surface area contributed by atoms with Gasteiger partial charge in [-0.15, -0.1) is 0 Å². The molecule has 15 heavy (non-hydrogen) atoms. The Hall–Kier alpha value is 0.310. The lowest BCUT2D eigenvalue weighted by molar-refractivity contribution is 0.317. The molecule has 1 unspecified atom stereocenters. The summed E-state index contributed by atoms with van der Waals surface area (Å²) in [5.74, 6) is 0. The van der Waals surface area contributed by atoms with Gasteiger partial charge in [0.25, 0.3) is 0 Å². The highest BCUT2D eigenvalue weighted by molar-refractivity contribution is 8.00. The number of hydrogen-bond donors (Lipinski definition) is 1. The summed E-state index contributed by atoms with van der Waals surface area (Å²) in [5.41, 5.74) is 0.587. The van der Waals surface area contributed by atoms with Crippen LogP contribution < -0.4 is 5.32 Å². The van der Waals surface area contributed by atoms with Gasteiger partial charge in [-0.3, -0.25) is 0 Å². The maximum atomic E-state index is 3.81. The fourth-order valence-electron chi connectivity index (χ4n) is 2.96. The van der Waals surface area contributed by atoms with E-state index < -0.39 is 0 Å². The van der Waals surface area contributed by atoms with E-state index in [0.717, 1.165) is 6.04 Å². The van der Waals surface area contributed by atoms with Crippen LogP contribution in [-0.2, 0) is 0 Å². The van der Waals surface area contributed by atoms with Crippen LogP contribution >= 0.6 is 11.8 Å². The Kier molecular flexibility index (Phi) is 3.37. The van der Waals surface area contributed by atoms with E-state index in [4.69, 9.17) is 0 Å². The Bertz CT molecular complexity index is 215. The van der Waals surface area contributed by atoms with E-state index in [0.29, 0.717) is 10.2 Å². The average Bonchev–Trinajstić information content (AvgIpc) is 2.45. The van der Waals surface area contributed by atoms with Gasteiger partial charge in [0.2, 0.25) is 0 Å². The third-order valence-corrected chi connectivity index (χ3v) is 5.80. The lowest BCUT2D eigenvalue weighted by Crippen LogP contribution is -2.46. The quantitative estimate of drug-likeness (QED) is 0.789. The first-order valence-corrected chi connectivity index (χ1v) is 7.56. The number of hydrogen-bond acceptors (Lipinski definition) is 2. The maximum Gasteiger partial charge on any atom is 0.0281 e. The van der Waals surface area contributed by atoms with E-state index in [2.05, 4.69) is 37.2 Å². The molecule has 0 aromatic carbocycles. The van der Waals surface area contributed by atoms with Crippen molar-refractivity contribution in [3.63, 3.8) is 0 Å². The molecule has 1 atom stereocenters. The van der Waals surface area contributed by atoms with Crippen LogP contribution in [0.4, 0.5) is 0 Å². The molecule has 2 aliphatic carbocycles. The van der Waals surface area contributed by atoms with Gasteiger partial charge >= 0.3 is 0 Å². The summed E-state index contributed by atoms with van der Waals surface area (Å²) >= 11 is 2.08. The summed E-state index contributed by atoms with van der Waals surface area (Å²) < 4.78 is 0.604. The molecule has 0 saturated heterocycles. The van der Waals surface area contributed by atoms with Gasteiger partial charge < -0.3 is 5.32 Å². The summed E-state index contributed by atoms with van der Waals surface area (Å²) in [4.78, 5) is 0. The van der Waals surface area contributed by atoms with Crippen molar-refractivity contribution in [2.45, 2.75) is 63.2 Å². The van der Waals surface area contributed by atoms with E-state index in [1.165, 1.54) is 45.1 Å². The van der Waals surface area contributed by atoms with Crippen LogP contribution in [0.3, 0.4) is 0 Å². The minimum atomic E-state index is 0.587. The molecule has 2 saturated carbocycles. The minimum absolute atomic E-state index is 0.587. The van der Waals surface area contributed by atoms with Crippen molar-refractivity contribution < 1.29 is 0 Å². The lowest BCUT2D eigenvalue weighted by atomic mass is 9.84. The average molecular weight is 227 g/mol. The number of rotatable bonds is 4.